The van der Waals surface area contributed by atoms with Crippen LogP contribution in [0.25, 0.3) is 5.76 Å². The normalized spacial score (nSPS) is 16.6. The zero-order chi connectivity index (χ0) is 26.8. The first-order valence-electron chi connectivity index (χ1n) is 12.0. The highest BCUT2D eigenvalue weighted by molar-refractivity contribution is 6.51. The average molecular weight is 526 g/mol. The summed E-state index contributed by atoms with van der Waals surface area (Å²) in [4.78, 5) is 27.9. The number of ketones is 1. The Bertz CT molecular complexity index is 1550. The Hall–Kier alpha value is -4.55. The number of phenols is 1. The van der Waals surface area contributed by atoms with Gasteiger partial charge in [0.25, 0.3) is 11.7 Å². The fourth-order valence-corrected chi connectivity index (χ4v) is 4.73. The van der Waals surface area contributed by atoms with Gasteiger partial charge in [-0.15, -0.1) is 0 Å². The van der Waals surface area contributed by atoms with Crippen molar-refractivity contribution in [3.63, 3.8) is 0 Å². The van der Waals surface area contributed by atoms with Crippen LogP contribution in [0.15, 0.2) is 103 Å². The molecule has 4 aromatic rings. The molecule has 0 radical (unpaired) electrons. The minimum absolute atomic E-state index is 0.0372. The predicted molar refractivity (Wildman–Crippen MR) is 146 cm³/mol. The minimum Gasteiger partial charge on any atom is -0.508 e. The summed E-state index contributed by atoms with van der Waals surface area (Å²) < 4.78 is 5.95. The molecular formula is C31H24ClNO5. The molecule has 2 N–H and O–H groups in total. The second kappa shape index (κ2) is 10.4. The Morgan fingerprint density at radius 2 is 1.66 bits per heavy atom. The molecule has 0 saturated carbocycles. The van der Waals surface area contributed by atoms with Gasteiger partial charge in [0.15, 0.2) is 0 Å². The summed E-state index contributed by atoms with van der Waals surface area (Å²) >= 11 is 6.18. The summed E-state index contributed by atoms with van der Waals surface area (Å²) in [5, 5.41) is 21.6. The van der Waals surface area contributed by atoms with E-state index in [0.717, 1.165) is 11.1 Å². The summed E-state index contributed by atoms with van der Waals surface area (Å²) in [6.07, 6.45) is 0. The first kappa shape index (κ1) is 25.1. The Kier molecular flexibility index (Phi) is 6.90. The molecule has 1 aliphatic heterocycles. The largest absolute Gasteiger partial charge is 0.508 e. The predicted octanol–water partition coefficient (Wildman–Crippen LogP) is 6.56. The molecule has 1 fully saturated rings. The number of Topliss-reactive ketones (excluding diaryl/α,β-unsaturated/α-hetero) is 1. The van der Waals surface area contributed by atoms with Crippen molar-refractivity contribution in [1.29, 1.82) is 0 Å². The number of aromatic hydroxyl groups is 1. The van der Waals surface area contributed by atoms with Gasteiger partial charge in [0.05, 0.1) is 11.6 Å². The fraction of sp³-hybridized carbons (Fsp3) is 0.0968. The lowest BCUT2D eigenvalue weighted by atomic mass is 9.94. The van der Waals surface area contributed by atoms with Crippen LogP contribution in [0.2, 0.25) is 5.02 Å². The lowest BCUT2D eigenvalue weighted by Gasteiger charge is -2.25. The van der Waals surface area contributed by atoms with E-state index in [0.29, 0.717) is 34.2 Å². The molecule has 1 amide bonds. The van der Waals surface area contributed by atoms with Gasteiger partial charge in [-0.1, -0.05) is 60.1 Å². The zero-order valence-corrected chi connectivity index (χ0v) is 21.2. The highest BCUT2D eigenvalue weighted by Gasteiger charge is 2.47. The first-order chi connectivity index (χ1) is 18.3. The van der Waals surface area contributed by atoms with Crippen molar-refractivity contribution in [3.05, 3.63) is 130 Å². The van der Waals surface area contributed by atoms with Crippen molar-refractivity contribution in [3.8, 4) is 11.5 Å². The number of aryl methyl sites for hydroxylation is 1. The van der Waals surface area contributed by atoms with Gasteiger partial charge in [-0.3, -0.25) is 14.5 Å². The molecule has 0 aliphatic carbocycles. The van der Waals surface area contributed by atoms with E-state index in [1.165, 1.54) is 17.0 Å². The third-order valence-electron chi connectivity index (χ3n) is 6.43. The van der Waals surface area contributed by atoms with E-state index in [1.807, 2.05) is 37.3 Å². The van der Waals surface area contributed by atoms with E-state index in [-0.39, 0.29) is 17.1 Å². The lowest BCUT2D eigenvalue weighted by molar-refractivity contribution is -0.132. The standard InChI is InChI=1S/C31H24ClNO5/c1-19-16-22(12-15-26(19)38-18-20-6-3-2-4-7-20)29(35)27-28(21-10-13-25(34)14-11-21)33(31(37)30(27)36)24-9-5-8-23(32)17-24/h2-17,28,34-35H,18H2,1H3/b29-27+. The maximum absolute atomic E-state index is 13.3. The number of nitrogens with zero attached hydrogens (tertiary/aromatic N) is 1. The van der Waals surface area contributed by atoms with Gasteiger partial charge in [-0.05, 0) is 72.1 Å². The zero-order valence-electron chi connectivity index (χ0n) is 20.5. The quantitative estimate of drug-likeness (QED) is 0.169. The molecule has 4 aromatic carbocycles. The third-order valence-corrected chi connectivity index (χ3v) is 6.66. The molecule has 0 spiro atoms. The molecule has 6 nitrogen and oxygen atoms in total. The first-order valence-corrected chi connectivity index (χ1v) is 12.3. The second-order valence-electron chi connectivity index (χ2n) is 9.00. The van der Waals surface area contributed by atoms with E-state index >= 15 is 0 Å². The van der Waals surface area contributed by atoms with E-state index in [4.69, 9.17) is 16.3 Å². The van der Waals surface area contributed by atoms with E-state index in [1.54, 1.807) is 54.6 Å². The molecule has 190 valence electrons. The van der Waals surface area contributed by atoms with Gasteiger partial charge in [0.2, 0.25) is 0 Å². The van der Waals surface area contributed by atoms with Crippen LogP contribution >= 0.6 is 11.6 Å². The van der Waals surface area contributed by atoms with E-state index in [9.17, 15) is 19.8 Å². The van der Waals surface area contributed by atoms with Crippen molar-refractivity contribution in [1.82, 2.24) is 0 Å². The molecule has 1 atom stereocenters. The van der Waals surface area contributed by atoms with Gasteiger partial charge in [-0.2, -0.15) is 0 Å². The van der Waals surface area contributed by atoms with Crippen LogP contribution in [0.5, 0.6) is 11.5 Å². The van der Waals surface area contributed by atoms with Crippen LogP contribution in [0, 0.1) is 6.92 Å². The van der Waals surface area contributed by atoms with Crippen molar-refractivity contribution in [2.75, 3.05) is 4.90 Å². The number of rotatable bonds is 6. The molecule has 1 saturated heterocycles. The molecule has 0 bridgehead atoms. The number of carbonyl (C=O) groups excluding carboxylic acids is 2. The van der Waals surface area contributed by atoms with Gasteiger partial charge in [-0.25, -0.2) is 0 Å². The van der Waals surface area contributed by atoms with Crippen molar-refractivity contribution >= 4 is 34.7 Å². The average Bonchev–Trinajstić information content (AvgIpc) is 3.18. The van der Waals surface area contributed by atoms with Gasteiger partial charge in [0.1, 0.15) is 23.9 Å². The molecular weight excluding hydrogens is 502 g/mol. The topological polar surface area (TPSA) is 87.1 Å². The number of aliphatic hydroxyl groups excluding tert-OH is 1. The molecule has 5 rings (SSSR count). The summed E-state index contributed by atoms with van der Waals surface area (Å²) in [6, 6.07) is 26.7. The number of hydrogen-bond acceptors (Lipinski definition) is 5. The highest BCUT2D eigenvalue weighted by Crippen LogP contribution is 2.43. The van der Waals surface area contributed by atoms with Crippen LogP contribution in [0.1, 0.15) is 28.3 Å². The summed E-state index contributed by atoms with van der Waals surface area (Å²) in [5.41, 5.74) is 3.06. The number of halogens is 1. The number of aliphatic hydroxyl groups is 1. The molecule has 0 aromatic heterocycles. The van der Waals surface area contributed by atoms with Crippen LogP contribution in [0.4, 0.5) is 5.69 Å². The van der Waals surface area contributed by atoms with Gasteiger partial charge < -0.3 is 14.9 Å². The maximum atomic E-state index is 13.3. The Morgan fingerprint density at radius 1 is 0.921 bits per heavy atom. The fourth-order valence-electron chi connectivity index (χ4n) is 4.55. The van der Waals surface area contributed by atoms with E-state index < -0.39 is 17.7 Å². The van der Waals surface area contributed by atoms with Crippen LogP contribution in [-0.4, -0.2) is 21.9 Å². The summed E-state index contributed by atoms with van der Waals surface area (Å²) in [5.74, 6) is -1.23. The Balaban J connectivity index is 1.56. The van der Waals surface area contributed by atoms with Gasteiger partial charge in [0, 0.05) is 16.3 Å². The van der Waals surface area contributed by atoms with Crippen molar-refractivity contribution < 1.29 is 24.5 Å². The highest BCUT2D eigenvalue weighted by atomic mass is 35.5. The van der Waals surface area contributed by atoms with Crippen LogP contribution in [0.3, 0.4) is 0 Å². The van der Waals surface area contributed by atoms with Crippen molar-refractivity contribution in [2.24, 2.45) is 0 Å². The summed E-state index contributed by atoms with van der Waals surface area (Å²) in [7, 11) is 0. The number of anilines is 1. The van der Waals surface area contributed by atoms with Crippen molar-refractivity contribution in [2.45, 2.75) is 19.6 Å². The van der Waals surface area contributed by atoms with Crippen LogP contribution in [-0.2, 0) is 16.2 Å². The number of carbonyl (C=O) groups is 2. The van der Waals surface area contributed by atoms with Crippen LogP contribution < -0.4 is 9.64 Å². The second-order valence-corrected chi connectivity index (χ2v) is 9.43. The molecule has 7 heteroatoms. The molecule has 1 unspecified atom stereocenters. The minimum atomic E-state index is -0.927. The van der Waals surface area contributed by atoms with E-state index in [2.05, 4.69) is 0 Å². The SMILES string of the molecule is Cc1cc(/C(O)=C2\C(=O)C(=O)N(c3cccc(Cl)c3)C2c2ccc(O)cc2)ccc1OCc1ccccc1. The number of benzene rings is 4. The Labute approximate surface area is 225 Å². The summed E-state index contributed by atoms with van der Waals surface area (Å²) in [6.45, 7) is 2.23. The maximum Gasteiger partial charge on any atom is 0.300 e. The lowest BCUT2D eigenvalue weighted by Crippen LogP contribution is -2.29. The smallest absolute Gasteiger partial charge is 0.300 e. The number of hydrogen-bond donors (Lipinski definition) is 2. The van der Waals surface area contributed by atoms with Gasteiger partial charge >= 0.3 is 0 Å². The molecule has 38 heavy (non-hydrogen) atoms. The number of ether oxygens (including phenoxy) is 1. The Morgan fingerprint density at radius 3 is 2.34 bits per heavy atom. The number of phenolic OH excluding ortho intramolecular Hbond substituents is 1. The number of amides is 1. The molecule has 1 aliphatic rings. The molecule has 1 heterocycles. The monoisotopic (exact) mass is 525 g/mol. The third kappa shape index (κ3) is 4.86.